The van der Waals surface area contributed by atoms with E-state index in [-0.39, 0.29) is 18.4 Å². The molecule has 3 N–H and O–H groups in total. The molecular weight excluding hydrogens is 516 g/mol. The number of hydrogen-bond acceptors (Lipinski definition) is 5. The normalized spacial score (nSPS) is 11.8. The van der Waals surface area contributed by atoms with Gasteiger partial charge in [-0.1, -0.05) is 60.7 Å². The van der Waals surface area contributed by atoms with Crippen molar-refractivity contribution >= 4 is 22.7 Å². The Labute approximate surface area is 239 Å². The molecule has 5 rings (SSSR count). The molecule has 0 aliphatic heterocycles. The molecule has 5 aromatic rings. The zero-order chi connectivity index (χ0) is 28.6. The summed E-state index contributed by atoms with van der Waals surface area (Å²) in [7, 11) is 1.65. The highest BCUT2D eigenvalue weighted by atomic mass is 16.5. The van der Waals surface area contributed by atoms with Crippen LogP contribution < -0.4 is 15.4 Å². The first-order valence-corrected chi connectivity index (χ1v) is 13.7. The van der Waals surface area contributed by atoms with Crippen LogP contribution in [0.3, 0.4) is 0 Å². The molecule has 210 valence electrons. The zero-order valence-corrected chi connectivity index (χ0v) is 23.3. The van der Waals surface area contributed by atoms with Gasteiger partial charge in [0, 0.05) is 36.9 Å². The van der Waals surface area contributed by atoms with Crippen molar-refractivity contribution in [3.8, 4) is 5.75 Å². The molecule has 0 saturated carbocycles. The Balaban J connectivity index is 1.50. The minimum absolute atomic E-state index is 0.118. The van der Waals surface area contributed by atoms with E-state index in [1.165, 1.54) is 12.5 Å². The second-order valence-corrected chi connectivity index (χ2v) is 9.99. The number of nitrogens with one attached hydrogen (secondary N) is 3. The van der Waals surface area contributed by atoms with Crippen LogP contribution in [0.5, 0.6) is 5.75 Å². The second kappa shape index (κ2) is 13.0. The number of aryl methyl sites for hydroxylation is 2. The molecule has 2 aromatic heterocycles. The lowest BCUT2D eigenvalue weighted by molar-refractivity contribution is -0.125. The average Bonchev–Trinajstić information content (AvgIpc) is 3.59. The Hall–Kier alpha value is -4.92. The number of amides is 2. The van der Waals surface area contributed by atoms with Crippen LogP contribution in [0.1, 0.15) is 41.3 Å². The van der Waals surface area contributed by atoms with Crippen LogP contribution in [0, 0.1) is 0 Å². The third kappa shape index (κ3) is 7.00. The van der Waals surface area contributed by atoms with E-state index in [1.807, 2.05) is 66.9 Å². The van der Waals surface area contributed by atoms with Crippen LogP contribution in [0.4, 0.5) is 0 Å². The van der Waals surface area contributed by atoms with E-state index < -0.39 is 6.04 Å². The minimum atomic E-state index is -0.480. The van der Waals surface area contributed by atoms with Crippen LogP contribution in [0.15, 0.2) is 85.1 Å². The van der Waals surface area contributed by atoms with Gasteiger partial charge < -0.3 is 24.9 Å². The lowest BCUT2D eigenvalue weighted by atomic mass is 10.0. The smallest absolute Gasteiger partial charge is 0.239 e. The number of nitrogens with zero attached hydrogens (tertiary/aromatic N) is 3. The first-order chi connectivity index (χ1) is 20.0. The maximum absolute atomic E-state index is 13.0. The molecule has 41 heavy (non-hydrogen) atoms. The standard InChI is InChI=1S/C32H34N6O3/c1-22(39)33-20-31(40)35-29(18-25-19-34-28-11-7-6-10-27(25)28)32-37-36-30(17-14-23-8-4-3-5-9-23)38(32)21-24-12-15-26(41-2)16-13-24/h3-13,15-16,19,29,34H,14,17-18,20-21H2,1-2H3,(H,33,39)(H,35,40)/t29-/m1/s1. The van der Waals surface area contributed by atoms with E-state index >= 15 is 0 Å². The lowest BCUT2D eigenvalue weighted by Crippen LogP contribution is -2.39. The highest BCUT2D eigenvalue weighted by molar-refractivity contribution is 5.85. The van der Waals surface area contributed by atoms with Crippen molar-refractivity contribution in [2.45, 2.75) is 38.8 Å². The molecule has 0 aliphatic carbocycles. The van der Waals surface area contributed by atoms with Crippen molar-refractivity contribution in [2.75, 3.05) is 13.7 Å². The van der Waals surface area contributed by atoms with Gasteiger partial charge in [0.1, 0.15) is 11.6 Å². The van der Waals surface area contributed by atoms with Gasteiger partial charge in [-0.3, -0.25) is 9.59 Å². The summed E-state index contributed by atoms with van der Waals surface area (Å²) in [5.74, 6) is 1.71. The third-order valence-electron chi connectivity index (χ3n) is 7.08. The van der Waals surface area contributed by atoms with E-state index in [2.05, 4.69) is 48.6 Å². The van der Waals surface area contributed by atoms with Gasteiger partial charge in [-0.25, -0.2) is 0 Å². The summed E-state index contributed by atoms with van der Waals surface area (Å²) in [5.41, 5.74) is 4.35. The first kappa shape index (κ1) is 27.6. The fourth-order valence-corrected chi connectivity index (χ4v) is 4.96. The molecule has 0 aliphatic rings. The maximum atomic E-state index is 13.0. The maximum Gasteiger partial charge on any atom is 0.239 e. The number of hydrogen-bond donors (Lipinski definition) is 3. The molecular formula is C32H34N6O3. The lowest BCUT2D eigenvalue weighted by Gasteiger charge is -2.20. The van der Waals surface area contributed by atoms with Gasteiger partial charge in [0.05, 0.1) is 26.2 Å². The van der Waals surface area contributed by atoms with Crippen LogP contribution in [-0.2, 0) is 35.4 Å². The molecule has 9 heteroatoms. The monoisotopic (exact) mass is 550 g/mol. The van der Waals surface area contributed by atoms with E-state index in [9.17, 15) is 9.59 Å². The van der Waals surface area contributed by atoms with Gasteiger partial charge in [0.25, 0.3) is 0 Å². The molecule has 0 radical (unpaired) electrons. The highest BCUT2D eigenvalue weighted by Crippen LogP contribution is 2.26. The average molecular weight is 551 g/mol. The number of carbonyl (C=O) groups is 2. The van der Waals surface area contributed by atoms with Crippen LogP contribution in [0.25, 0.3) is 10.9 Å². The number of carbonyl (C=O) groups excluding carboxylic acids is 2. The number of methoxy groups -OCH3 is 1. The number of fused-ring (bicyclic) bond motifs is 1. The summed E-state index contributed by atoms with van der Waals surface area (Å²) in [6.45, 7) is 1.80. The Kier molecular flexibility index (Phi) is 8.73. The van der Waals surface area contributed by atoms with Crippen molar-refractivity contribution in [1.82, 2.24) is 30.4 Å². The van der Waals surface area contributed by atoms with Crippen molar-refractivity contribution in [3.05, 3.63) is 113 Å². The number of ether oxygens (including phenoxy) is 1. The number of aromatic amines is 1. The second-order valence-electron chi connectivity index (χ2n) is 9.99. The summed E-state index contributed by atoms with van der Waals surface area (Å²) in [4.78, 5) is 27.8. The van der Waals surface area contributed by atoms with E-state index in [1.54, 1.807) is 7.11 Å². The fraction of sp³-hybridized carbons (Fsp3) is 0.250. The van der Waals surface area contributed by atoms with Crippen molar-refractivity contribution < 1.29 is 14.3 Å². The van der Waals surface area contributed by atoms with Crippen LogP contribution >= 0.6 is 0 Å². The van der Waals surface area contributed by atoms with E-state index in [0.717, 1.165) is 40.0 Å². The van der Waals surface area contributed by atoms with Crippen LogP contribution in [0.2, 0.25) is 0 Å². The van der Waals surface area contributed by atoms with Gasteiger partial charge in [-0.2, -0.15) is 0 Å². The zero-order valence-electron chi connectivity index (χ0n) is 23.3. The molecule has 3 aromatic carbocycles. The van der Waals surface area contributed by atoms with Crippen LogP contribution in [-0.4, -0.2) is 45.2 Å². The topological polar surface area (TPSA) is 114 Å². The minimum Gasteiger partial charge on any atom is -0.497 e. The summed E-state index contributed by atoms with van der Waals surface area (Å²) in [5, 5.41) is 16.0. The van der Waals surface area contributed by atoms with Gasteiger partial charge >= 0.3 is 0 Å². The molecule has 2 heterocycles. The molecule has 0 bridgehead atoms. The molecule has 9 nitrogen and oxygen atoms in total. The highest BCUT2D eigenvalue weighted by Gasteiger charge is 2.25. The quantitative estimate of drug-likeness (QED) is 0.216. The Morgan fingerprint density at radius 3 is 2.44 bits per heavy atom. The summed E-state index contributed by atoms with van der Waals surface area (Å²) < 4.78 is 7.44. The molecule has 0 spiro atoms. The van der Waals surface area contributed by atoms with Gasteiger partial charge in [0.2, 0.25) is 11.8 Å². The Morgan fingerprint density at radius 1 is 0.927 bits per heavy atom. The number of H-pyrrole nitrogens is 1. The number of para-hydroxylation sites is 1. The molecule has 2 amide bonds. The number of benzene rings is 3. The predicted molar refractivity (Wildman–Crippen MR) is 158 cm³/mol. The van der Waals surface area contributed by atoms with Crippen molar-refractivity contribution in [3.63, 3.8) is 0 Å². The number of rotatable bonds is 12. The summed E-state index contributed by atoms with van der Waals surface area (Å²) in [6, 6.07) is 25.8. The molecule has 0 saturated heterocycles. The largest absolute Gasteiger partial charge is 0.497 e. The van der Waals surface area contributed by atoms with Gasteiger partial charge in [-0.15, -0.1) is 10.2 Å². The fourth-order valence-electron chi connectivity index (χ4n) is 4.96. The first-order valence-electron chi connectivity index (χ1n) is 13.7. The molecule has 0 unspecified atom stereocenters. The van der Waals surface area contributed by atoms with Gasteiger partial charge in [-0.05, 0) is 41.3 Å². The van der Waals surface area contributed by atoms with Crippen molar-refractivity contribution in [2.24, 2.45) is 0 Å². The van der Waals surface area contributed by atoms with Crippen molar-refractivity contribution in [1.29, 1.82) is 0 Å². The Morgan fingerprint density at radius 2 is 1.68 bits per heavy atom. The predicted octanol–water partition coefficient (Wildman–Crippen LogP) is 4.14. The molecule has 1 atom stereocenters. The Bertz CT molecular complexity index is 1610. The summed E-state index contributed by atoms with van der Waals surface area (Å²) >= 11 is 0. The SMILES string of the molecule is COc1ccc(Cn2c(CCc3ccccc3)nnc2[C@@H](Cc2c[nH]c3ccccc23)NC(=O)CNC(C)=O)cc1. The van der Waals surface area contributed by atoms with Gasteiger partial charge in [0.15, 0.2) is 5.82 Å². The number of aromatic nitrogens is 4. The van der Waals surface area contributed by atoms with E-state index in [4.69, 9.17) is 4.74 Å². The molecule has 0 fully saturated rings. The third-order valence-corrected chi connectivity index (χ3v) is 7.08. The summed E-state index contributed by atoms with van der Waals surface area (Å²) in [6.07, 6.45) is 3.96. The van der Waals surface area contributed by atoms with E-state index in [0.29, 0.717) is 25.2 Å².